The van der Waals surface area contributed by atoms with E-state index in [2.05, 4.69) is 34.5 Å². The summed E-state index contributed by atoms with van der Waals surface area (Å²) in [7, 11) is -0.679. The maximum absolute atomic E-state index is 13.0. The van der Waals surface area contributed by atoms with Crippen molar-refractivity contribution >= 4 is 37.1 Å². The number of hydrogen-bond donors (Lipinski definition) is 3. The van der Waals surface area contributed by atoms with Gasteiger partial charge in [0.2, 0.25) is 11.8 Å². The molecule has 37 heavy (non-hydrogen) atoms. The number of carbonyl (C=O) groups excluding carboxylic acids is 4. The lowest BCUT2D eigenvalue weighted by atomic mass is 10.0. The van der Waals surface area contributed by atoms with E-state index >= 15 is 0 Å². The van der Waals surface area contributed by atoms with Crippen molar-refractivity contribution in [2.24, 2.45) is 5.92 Å². The highest BCUT2D eigenvalue weighted by Gasteiger charge is 2.28. The zero-order valence-electron chi connectivity index (χ0n) is 22.5. The van der Waals surface area contributed by atoms with E-state index in [1.807, 2.05) is 0 Å². The van der Waals surface area contributed by atoms with E-state index in [0.29, 0.717) is 12.5 Å². The first-order valence-corrected chi connectivity index (χ1v) is 15.3. The Bertz CT molecular complexity index is 1010. The van der Waals surface area contributed by atoms with Crippen LogP contribution in [-0.2, 0) is 30.2 Å². The lowest BCUT2D eigenvalue weighted by molar-refractivity contribution is -0.134. The molecule has 0 aliphatic heterocycles. The van der Waals surface area contributed by atoms with Gasteiger partial charge in [0.15, 0.2) is 7.49 Å². The standard InChI is InChI=1S/C25H39N4O7P/c1-7-18(8-2)16-26-21(30)17-29-15-11-13-20(24(29)33)27-23(32)19(12-9-10-14-22(31)35-3)28-25(34)36-37(4,5)6/h10-11,13-15,18-19H,7-9,12,16-17H2,1-6H3,(H2-,26,27,28,30,32,34)/p+1/b14-10+. The number of aromatic nitrogens is 1. The number of carbonyl (C=O) groups is 4. The third-order valence-electron chi connectivity index (χ3n) is 5.38. The summed E-state index contributed by atoms with van der Waals surface area (Å²) in [5, 5.41) is 7.91. The summed E-state index contributed by atoms with van der Waals surface area (Å²) >= 11 is 0. The van der Waals surface area contributed by atoms with Crippen molar-refractivity contribution in [2.45, 2.75) is 52.1 Å². The summed E-state index contributed by atoms with van der Waals surface area (Å²) in [5.74, 6) is -1.11. The first-order valence-electron chi connectivity index (χ1n) is 12.2. The molecule has 3 N–H and O–H groups in total. The molecule has 1 aromatic rings. The van der Waals surface area contributed by atoms with Crippen LogP contribution in [-0.4, -0.2) is 68.1 Å². The molecule has 0 aromatic carbocycles. The number of rotatable bonds is 14. The van der Waals surface area contributed by atoms with Gasteiger partial charge >= 0.3 is 12.1 Å². The quantitative estimate of drug-likeness (QED) is 0.187. The van der Waals surface area contributed by atoms with Crippen LogP contribution in [0.4, 0.5) is 10.5 Å². The second kappa shape index (κ2) is 15.8. The number of esters is 1. The Labute approximate surface area is 218 Å². The number of ether oxygens (including phenoxy) is 1. The highest BCUT2D eigenvalue weighted by molar-refractivity contribution is 7.69. The van der Waals surface area contributed by atoms with Crippen molar-refractivity contribution in [3.63, 3.8) is 0 Å². The van der Waals surface area contributed by atoms with Gasteiger partial charge in [-0.3, -0.25) is 18.9 Å². The molecule has 0 aliphatic rings. The maximum Gasteiger partial charge on any atom is 0.445 e. The molecular weight excluding hydrogens is 499 g/mol. The predicted molar refractivity (Wildman–Crippen MR) is 145 cm³/mol. The van der Waals surface area contributed by atoms with E-state index < -0.39 is 37.1 Å². The van der Waals surface area contributed by atoms with Crippen LogP contribution in [0.25, 0.3) is 0 Å². The summed E-state index contributed by atoms with van der Waals surface area (Å²) in [6.45, 7) is 9.85. The molecule has 1 rings (SSSR count). The van der Waals surface area contributed by atoms with E-state index in [0.717, 1.165) is 12.8 Å². The normalized spacial score (nSPS) is 12.2. The van der Waals surface area contributed by atoms with Gasteiger partial charge in [-0.2, -0.15) is 0 Å². The van der Waals surface area contributed by atoms with Crippen molar-refractivity contribution in [1.29, 1.82) is 0 Å². The molecule has 0 spiro atoms. The van der Waals surface area contributed by atoms with Crippen molar-refractivity contribution in [2.75, 3.05) is 39.0 Å². The fourth-order valence-corrected chi connectivity index (χ4v) is 3.77. The topological polar surface area (TPSA) is 145 Å². The minimum atomic E-state index is -1.93. The average Bonchev–Trinajstić information content (AvgIpc) is 2.82. The number of nitrogens with one attached hydrogen (secondary N) is 3. The Morgan fingerprint density at radius 3 is 2.41 bits per heavy atom. The minimum absolute atomic E-state index is 0.0334. The largest absolute Gasteiger partial charge is 0.466 e. The molecule has 206 valence electrons. The second-order valence-corrected chi connectivity index (χ2v) is 13.3. The predicted octanol–water partition coefficient (Wildman–Crippen LogP) is 2.77. The fraction of sp³-hybridized carbons (Fsp3) is 0.560. The number of methoxy groups -OCH3 is 1. The van der Waals surface area contributed by atoms with Gasteiger partial charge in [0, 0.05) is 18.8 Å². The molecule has 0 fully saturated rings. The van der Waals surface area contributed by atoms with Crippen LogP contribution in [0.1, 0.15) is 39.5 Å². The highest BCUT2D eigenvalue weighted by atomic mass is 31.2. The van der Waals surface area contributed by atoms with E-state index in [9.17, 15) is 24.0 Å². The van der Waals surface area contributed by atoms with Crippen molar-refractivity contribution in [3.05, 3.63) is 40.8 Å². The Morgan fingerprint density at radius 1 is 1.14 bits per heavy atom. The van der Waals surface area contributed by atoms with Gasteiger partial charge in [0.05, 0.1) is 27.1 Å². The van der Waals surface area contributed by atoms with E-state index in [-0.39, 0.29) is 31.0 Å². The Balaban J connectivity index is 2.95. The number of allylic oxidation sites excluding steroid dienone is 1. The number of hydrogen-bond acceptors (Lipinski definition) is 7. The molecule has 1 aromatic heterocycles. The van der Waals surface area contributed by atoms with Crippen LogP contribution in [0, 0.1) is 5.92 Å². The first kappa shape index (κ1) is 31.8. The van der Waals surface area contributed by atoms with Crippen molar-refractivity contribution in [1.82, 2.24) is 15.2 Å². The average molecular weight is 540 g/mol. The smallest absolute Gasteiger partial charge is 0.445 e. The first-order chi connectivity index (χ1) is 17.4. The van der Waals surface area contributed by atoms with Gasteiger partial charge in [-0.25, -0.2) is 9.59 Å². The van der Waals surface area contributed by atoms with E-state index in [1.165, 1.54) is 36.1 Å². The third-order valence-corrected chi connectivity index (χ3v) is 6.09. The molecule has 3 amide bonds. The van der Waals surface area contributed by atoms with Crippen LogP contribution >= 0.6 is 7.49 Å². The summed E-state index contributed by atoms with van der Waals surface area (Å²) in [4.78, 5) is 61.8. The zero-order valence-corrected chi connectivity index (χ0v) is 23.4. The maximum atomic E-state index is 13.0. The monoisotopic (exact) mass is 539 g/mol. The van der Waals surface area contributed by atoms with Crippen LogP contribution in [0.15, 0.2) is 35.3 Å². The van der Waals surface area contributed by atoms with Crippen LogP contribution in [0.3, 0.4) is 0 Å². The fourth-order valence-electron chi connectivity index (χ4n) is 3.22. The molecule has 1 heterocycles. The summed E-state index contributed by atoms with van der Waals surface area (Å²) in [6, 6.07) is 1.93. The van der Waals surface area contributed by atoms with E-state index in [4.69, 9.17) is 4.52 Å². The van der Waals surface area contributed by atoms with Gasteiger partial charge in [-0.05, 0) is 30.9 Å². The highest BCUT2D eigenvalue weighted by Crippen LogP contribution is 2.47. The van der Waals surface area contributed by atoms with Crippen LogP contribution < -0.4 is 21.5 Å². The molecule has 12 heteroatoms. The molecule has 0 saturated heterocycles. The molecule has 11 nitrogen and oxygen atoms in total. The van der Waals surface area contributed by atoms with Gasteiger partial charge in [-0.15, -0.1) is 0 Å². The van der Waals surface area contributed by atoms with Gasteiger partial charge in [-0.1, -0.05) is 32.8 Å². The van der Waals surface area contributed by atoms with Gasteiger partial charge in [0.25, 0.3) is 5.56 Å². The van der Waals surface area contributed by atoms with Gasteiger partial charge < -0.3 is 25.3 Å². The van der Waals surface area contributed by atoms with E-state index in [1.54, 1.807) is 26.1 Å². The molecule has 0 bridgehead atoms. The molecule has 0 radical (unpaired) electrons. The van der Waals surface area contributed by atoms with Gasteiger partial charge in [0.1, 0.15) is 18.3 Å². The molecule has 0 aliphatic carbocycles. The number of nitrogens with zero attached hydrogens (tertiary/aromatic N) is 1. The Hall–Kier alpha value is -3.20. The zero-order chi connectivity index (χ0) is 28.0. The lowest BCUT2D eigenvalue weighted by Crippen LogP contribution is -2.44. The second-order valence-electron chi connectivity index (χ2n) is 9.30. The third kappa shape index (κ3) is 12.5. The Kier molecular flexibility index (Phi) is 13.6. The molecule has 1 atom stereocenters. The van der Waals surface area contributed by atoms with Crippen LogP contribution in [0.5, 0.6) is 0 Å². The summed E-state index contributed by atoms with van der Waals surface area (Å²) in [6.07, 6.45) is 5.74. The lowest BCUT2D eigenvalue weighted by Gasteiger charge is -2.19. The minimum Gasteiger partial charge on any atom is -0.466 e. The Morgan fingerprint density at radius 2 is 1.81 bits per heavy atom. The summed E-state index contributed by atoms with van der Waals surface area (Å²) in [5.41, 5.74) is -0.588. The number of anilines is 1. The summed E-state index contributed by atoms with van der Waals surface area (Å²) < 4.78 is 11.1. The molecule has 0 saturated carbocycles. The van der Waals surface area contributed by atoms with Crippen molar-refractivity contribution in [3.8, 4) is 0 Å². The van der Waals surface area contributed by atoms with Crippen molar-refractivity contribution < 1.29 is 28.4 Å². The number of pyridine rings is 1. The van der Waals surface area contributed by atoms with Crippen LogP contribution in [0.2, 0.25) is 0 Å². The number of amides is 3. The SMILES string of the molecule is CCC(CC)CNC(=O)Cn1cccc(NC(=O)C(CC/C=C/C(=O)OC)NC(=O)O[P+](C)(C)C)c1=O. The molecule has 1 unspecified atom stereocenters. The molecular formula is C25H40N4O7P+.